The molecule has 2 aromatic rings. The van der Waals surface area contributed by atoms with Gasteiger partial charge in [-0.2, -0.15) is 0 Å². The summed E-state index contributed by atoms with van der Waals surface area (Å²) in [5, 5.41) is 8.07. The van der Waals surface area contributed by atoms with E-state index in [-0.39, 0.29) is 0 Å². The summed E-state index contributed by atoms with van der Waals surface area (Å²) in [5.74, 6) is 0.895. The van der Waals surface area contributed by atoms with E-state index < -0.39 is 0 Å². The van der Waals surface area contributed by atoms with E-state index in [2.05, 4.69) is 52.6 Å². The number of likely N-dealkylation sites (N-methyl/N-ethyl adjacent to an activating group) is 1. The largest absolute Gasteiger partial charge is 0.357 e. The lowest BCUT2D eigenvalue weighted by Gasteiger charge is -2.24. The molecule has 25 heavy (non-hydrogen) atoms. The first-order valence-corrected chi connectivity index (χ1v) is 9.40. The minimum Gasteiger partial charge on any atom is -0.357 e. The number of para-hydroxylation sites is 1. The van der Waals surface area contributed by atoms with Crippen molar-refractivity contribution in [1.82, 2.24) is 20.5 Å². The molecule has 1 aliphatic rings. The van der Waals surface area contributed by atoms with Crippen molar-refractivity contribution in [2.75, 3.05) is 26.2 Å². The molecule has 3 rings (SSSR count). The van der Waals surface area contributed by atoms with E-state index in [0.29, 0.717) is 12.6 Å². The number of pyridine rings is 1. The Morgan fingerprint density at radius 3 is 2.96 bits per heavy atom. The number of aliphatic imine (C=N–C) groups is 1. The Morgan fingerprint density at radius 2 is 2.12 bits per heavy atom. The van der Waals surface area contributed by atoms with E-state index in [1.165, 1.54) is 30.3 Å². The van der Waals surface area contributed by atoms with Crippen LogP contribution in [0.5, 0.6) is 0 Å². The van der Waals surface area contributed by atoms with Gasteiger partial charge in [-0.1, -0.05) is 25.1 Å². The third kappa shape index (κ3) is 4.48. The van der Waals surface area contributed by atoms with Crippen LogP contribution in [0.4, 0.5) is 0 Å². The average molecular weight is 339 g/mol. The monoisotopic (exact) mass is 339 g/mol. The summed E-state index contributed by atoms with van der Waals surface area (Å²) in [5.41, 5.74) is 2.23. The molecule has 1 aromatic carbocycles. The fourth-order valence-corrected chi connectivity index (χ4v) is 3.56. The molecule has 2 N–H and O–H groups in total. The van der Waals surface area contributed by atoms with Gasteiger partial charge in [0.2, 0.25) is 0 Å². The predicted molar refractivity (Wildman–Crippen MR) is 105 cm³/mol. The molecule has 1 saturated heterocycles. The number of hydrogen-bond acceptors (Lipinski definition) is 3. The van der Waals surface area contributed by atoms with Gasteiger partial charge in [-0.05, 0) is 50.6 Å². The predicted octanol–water partition coefficient (Wildman–Crippen LogP) is 2.77. The molecule has 1 unspecified atom stereocenters. The zero-order valence-electron chi connectivity index (χ0n) is 15.3. The Labute approximate surface area is 150 Å². The fraction of sp³-hybridized carbons (Fsp3) is 0.500. The van der Waals surface area contributed by atoms with Gasteiger partial charge < -0.3 is 10.6 Å². The smallest absolute Gasteiger partial charge is 0.191 e. The minimum absolute atomic E-state index is 0.621. The number of fused-ring (bicyclic) bond motifs is 1. The number of guanidine groups is 1. The summed E-state index contributed by atoms with van der Waals surface area (Å²) in [4.78, 5) is 11.8. The second-order valence-electron chi connectivity index (χ2n) is 6.49. The Bertz CT molecular complexity index is 707. The van der Waals surface area contributed by atoms with E-state index in [1.807, 2.05) is 18.3 Å². The maximum atomic E-state index is 4.79. The van der Waals surface area contributed by atoms with E-state index in [4.69, 9.17) is 4.99 Å². The lowest BCUT2D eigenvalue weighted by atomic mass is 10.1. The molecule has 0 aliphatic carbocycles. The summed E-state index contributed by atoms with van der Waals surface area (Å²) in [6.07, 6.45) is 4.44. The van der Waals surface area contributed by atoms with Gasteiger partial charge in [0.05, 0.1) is 12.1 Å². The SMILES string of the molecule is CCNC(=NCc1ccnc2ccccc12)NCC1CCCN1CC. The number of nitrogens with zero attached hydrogens (tertiary/aromatic N) is 3. The third-order valence-corrected chi connectivity index (χ3v) is 4.90. The third-order valence-electron chi connectivity index (χ3n) is 4.90. The molecule has 1 aliphatic heterocycles. The van der Waals surface area contributed by atoms with Crippen LogP contribution in [0.3, 0.4) is 0 Å². The molecule has 0 radical (unpaired) electrons. The van der Waals surface area contributed by atoms with E-state index >= 15 is 0 Å². The molecule has 0 bridgehead atoms. The van der Waals surface area contributed by atoms with Gasteiger partial charge in [0.15, 0.2) is 5.96 Å². The first-order valence-electron chi connectivity index (χ1n) is 9.40. The molecule has 5 heteroatoms. The summed E-state index contributed by atoms with van der Waals surface area (Å²) >= 11 is 0. The van der Waals surface area contributed by atoms with Gasteiger partial charge in [-0.3, -0.25) is 9.88 Å². The number of likely N-dealkylation sites (tertiary alicyclic amines) is 1. The van der Waals surface area contributed by atoms with Gasteiger partial charge in [0, 0.05) is 30.7 Å². The molecule has 134 valence electrons. The molecule has 0 spiro atoms. The van der Waals surface area contributed by atoms with Gasteiger partial charge in [-0.15, -0.1) is 0 Å². The summed E-state index contributed by atoms with van der Waals surface area (Å²) < 4.78 is 0. The van der Waals surface area contributed by atoms with Crippen LogP contribution in [0.15, 0.2) is 41.5 Å². The summed E-state index contributed by atoms with van der Waals surface area (Å²) in [6.45, 7) is 9.17. The Balaban J connectivity index is 1.67. The van der Waals surface area contributed by atoms with Crippen LogP contribution in [0.2, 0.25) is 0 Å². The van der Waals surface area contributed by atoms with Crippen molar-refractivity contribution in [2.45, 2.75) is 39.3 Å². The second kappa shape index (κ2) is 8.81. The maximum Gasteiger partial charge on any atom is 0.191 e. The molecular formula is C20H29N5. The Morgan fingerprint density at radius 1 is 1.24 bits per heavy atom. The molecule has 0 saturated carbocycles. The van der Waals surface area contributed by atoms with Crippen LogP contribution in [-0.2, 0) is 6.54 Å². The molecule has 1 fully saturated rings. The second-order valence-corrected chi connectivity index (χ2v) is 6.49. The average Bonchev–Trinajstić information content (AvgIpc) is 3.11. The summed E-state index contributed by atoms with van der Waals surface area (Å²) in [6, 6.07) is 10.9. The van der Waals surface area contributed by atoms with Crippen LogP contribution in [0.25, 0.3) is 10.9 Å². The minimum atomic E-state index is 0.621. The lowest BCUT2D eigenvalue weighted by molar-refractivity contribution is 0.267. The molecule has 1 atom stereocenters. The fourth-order valence-electron chi connectivity index (χ4n) is 3.56. The Kier molecular flexibility index (Phi) is 6.23. The first-order chi connectivity index (χ1) is 12.3. The van der Waals surface area contributed by atoms with Crippen LogP contribution < -0.4 is 10.6 Å². The van der Waals surface area contributed by atoms with Crippen molar-refractivity contribution in [2.24, 2.45) is 4.99 Å². The highest BCUT2D eigenvalue weighted by atomic mass is 15.2. The molecule has 1 aromatic heterocycles. The highest BCUT2D eigenvalue weighted by molar-refractivity contribution is 5.83. The number of hydrogen-bond donors (Lipinski definition) is 2. The van der Waals surface area contributed by atoms with Crippen LogP contribution >= 0.6 is 0 Å². The van der Waals surface area contributed by atoms with Crippen molar-refractivity contribution in [1.29, 1.82) is 0 Å². The van der Waals surface area contributed by atoms with Crippen molar-refractivity contribution < 1.29 is 0 Å². The number of benzene rings is 1. The standard InChI is InChI=1S/C20H29N5/c1-3-21-20(24-15-17-8-7-13-25(17)4-2)23-14-16-11-12-22-19-10-6-5-9-18(16)19/h5-6,9-12,17H,3-4,7-8,13-15H2,1-2H3,(H2,21,23,24). The van der Waals surface area contributed by atoms with Crippen LogP contribution in [0.1, 0.15) is 32.3 Å². The molecule has 5 nitrogen and oxygen atoms in total. The molecule has 2 heterocycles. The Hall–Kier alpha value is -2.14. The summed E-state index contributed by atoms with van der Waals surface area (Å²) in [7, 11) is 0. The van der Waals surface area contributed by atoms with Gasteiger partial charge >= 0.3 is 0 Å². The number of nitrogens with one attached hydrogen (secondary N) is 2. The topological polar surface area (TPSA) is 52.6 Å². The van der Waals surface area contributed by atoms with Crippen molar-refractivity contribution in [3.05, 3.63) is 42.1 Å². The maximum absolute atomic E-state index is 4.79. The molecule has 0 amide bonds. The number of aromatic nitrogens is 1. The van der Waals surface area contributed by atoms with Crippen molar-refractivity contribution in [3.63, 3.8) is 0 Å². The van der Waals surface area contributed by atoms with Crippen LogP contribution in [0, 0.1) is 0 Å². The van der Waals surface area contributed by atoms with E-state index in [1.54, 1.807) is 0 Å². The van der Waals surface area contributed by atoms with E-state index in [9.17, 15) is 0 Å². The molecular weight excluding hydrogens is 310 g/mol. The van der Waals surface area contributed by atoms with Crippen LogP contribution in [-0.4, -0.2) is 48.1 Å². The quantitative estimate of drug-likeness (QED) is 0.628. The zero-order chi connectivity index (χ0) is 17.5. The van der Waals surface area contributed by atoms with Gasteiger partial charge in [0.25, 0.3) is 0 Å². The van der Waals surface area contributed by atoms with Gasteiger partial charge in [0.1, 0.15) is 0 Å². The number of rotatable bonds is 6. The van der Waals surface area contributed by atoms with Gasteiger partial charge in [-0.25, -0.2) is 4.99 Å². The highest BCUT2D eigenvalue weighted by Gasteiger charge is 2.22. The van der Waals surface area contributed by atoms with Crippen molar-refractivity contribution in [3.8, 4) is 0 Å². The van der Waals surface area contributed by atoms with E-state index in [0.717, 1.165) is 31.1 Å². The highest BCUT2D eigenvalue weighted by Crippen LogP contribution is 2.17. The lowest BCUT2D eigenvalue weighted by Crippen LogP contribution is -2.44. The zero-order valence-corrected chi connectivity index (χ0v) is 15.3. The normalized spacial score (nSPS) is 18.6. The first kappa shape index (κ1) is 17.7. The van der Waals surface area contributed by atoms with Crippen molar-refractivity contribution >= 4 is 16.9 Å².